The molecule has 0 saturated carbocycles. The highest BCUT2D eigenvalue weighted by Gasteiger charge is 2.24. The van der Waals surface area contributed by atoms with Gasteiger partial charge in [0, 0.05) is 0 Å². The molecule has 4 aromatic rings. The number of rotatable bonds is 6. The molecular weight excluding hydrogens is 495 g/mol. The molecule has 0 aliphatic heterocycles. The summed E-state index contributed by atoms with van der Waals surface area (Å²) in [5.74, 6) is -1.12. The molecule has 7 heteroatoms. The third kappa shape index (κ3) is 4.35. The minimum atomic E-state index is -0.595. The lowest BCUT2D eigenvalue weighted by molar-refractivity contribution is 0.0468. The van der Waals surface area contributed by atoms with Crippen molar-refractivity contribution in [1.29, 1.82) is 0 Å². The van der Waals surface area contributed by atoms with Gasteiger partial charge in [-0.25, -0.2) is 12.5 Å². The summed E-state index contributed by atoms with van der Waals surface area (Å²) in [6, 6.07) is 23.9. The monoisotopic (exact) mass is 512 g/mol. The predicted octanol–water partition coefficient (Wildman–Crippen LogP) is 4.95. The van der Waals surface area contributed by atoms with E-state index in [0.717, 1.165) is 11.1 Å². The lowest BCUT2D eigenvalue weighted by Crippen LogP contribution is -2.10. The smallest absolute Gasteiger partial charge is 0.359 e. The van der Waals surface area contributed by atoms with Gasteiger partial charge in [0.1, 0.15) is 13.2 Å². The summed E-state index contributed by atoms with van der Waals surface area (Å²) in [7, 11) is 0. The Bertz CT molecular complexity index is 1190. The van der Waals surface area contributed by atoms with Crippen LogP contribution in [-0.4, -0.2) is 19.9 Å². The summed E-state index contributed by atoms with van der Waals surface area (Å²) >= 11 is 1.97. The zero-order valence-electron chi connectivity index (χ0n) is 15.8. The zero-order valence-corrected chi connectivity index (χ0v) is 18.0. The van der Waals surface area contributed by atoms with Crippen LogP contribution >= 0.6 is 22.9 Å². The van der Waals surface area contributed by atoms with Crippen LogP contribution in [0.3, 0.4) is 0 Å². The van der Waals surface area contributed by atoms with Crippen molar-refractivity contribution >= 4 is 45.7 Å². The molecule has 0 saturated heterocycles. The van der Waals surface area contributed by atoms with E-state index in [2.05, 4.69) is 5.10 Å². The van der Waals surface area contributed by atoms with E-state index in [0.29, 0.717) is 10.9 Å². The van der Waals surface area contributed by atoms with E-state index in [-0.39, 0.29) is 24.5 Å². The Labute approximate surface area is 186 Å². The van der Waals surface area contributed by atoms with Gasteiger partial charge in [-0.1, -0.05) is 66.7 Å². The normalized spacial score (nSPS) is 10.7. The second-order valence-corrected chi connectivity index (χ2v) is 7.45. The number of benzene rings is 3. The Kier molecular flexibility index (Phi) is 6.08. The van der Waals surface area contributed by atoms with Gasteiger partial charge in [-0.05, 0) is 23.3 Å². The van der Waals surface area contributed by atoms with Gasteiger partial charge in [0.05, 0.1) is 39.3 Å². The maximum Gasteiger partial charge on any atom is 0.359 e. The lowest BCUT2D eigenvalue weighted by Gasteiger charge is -2.07. The van der Waals surface area contributed by atoms with E-state index in [9.17, 15) is 9.59 Å². The van der Waals surface area contributed by atoms with E-state index in [1.165, 1.54) is 2.90 Å². The van der Waals surface area contributed by atoms with Crippen molar-refractivity contribution in [2.45, 2.75) is 13.2 Å². The van der Waals surface area contributed by atoms with Crippen LogP contribution in [0, 0.1) is 0 Å². The lowest BCUT2D eigenvalue weighted by atomic mass is 10.1. The summed E-state index contributed by atoms with van der Waals surface area (Å²) in [5.41, 5.74) is 2.74. The molecule has 4 rings (SSSR count). The van der Waals surface area contributed by atoms with Crippen molar-refractivity contribution in [3.05, 3.63) is 101 Å². The first-order valence-corrected chi connectivity index (χ1v) is 10.2. The topological polar surface area (TPSA) is 70.4 Å². The molecule has 0 amide bonds. The van der Waals surface area contributed by atoms with Crippen LogP contribution in [-0.2, 0) is 22.7 Å². The van der Waals surface area contributed by atoms with E-state index >= 15 is 0 Å². The third-order valence-electron chi connectivity index (χ3n) is 4.50. The SMILES string of the molecule is O=C(OCc1ccccc1)c1cccc2c1c(C(=O)OCc1ccccc1)nn2I. The zero-order chi connectivity index (χ0) is 20.9. The van der Waals surface area contributed by atoms with Crippen LogP contribution in [0.25, 0.3) is 10.9 Å². The van der Waals surface area contributed by atoms with Gasteiger partial charge in [-0.2, -0.15) is 5.10 Å². The maximum absolute atomic E-state index is 12.8. The Morgan fingerprint density at radius 3 is 1.93 bits per heavy atom. The van der Waals surface area contributed by atoms with Crippen molar-refractivity contribution in [2.24, 2.45) is 0 Å². The van der Waals surface area contributed by atoms with Gasteiger partial charge < -0.3 is 9.47 Å². The molecule has 30 heavy (non-hydrogen) atoms. The highest BCUT2D eigenvalue weighted by atomic mass is 127. The molecule has 0 fully saturated rings. The number of esters is 2. The predicted molar refractivity (Wildman–Crippen MR) is 120 cm³/mol. The summed E-state index contributed by atoms with van der Waals surface area (Å²) in [6.07, 6.45) is 0. The van der Waals surface area contributed by atoms with Crippen LogP contribution in [0.2, 0.25) is 0 Å². The van der Waals surface area contributed by atoms with Crippen LogP contribution in [0.4, 0.5) is 0 Å². The average molecular weight is 512 g/mol. The van der Waals surface area contributed by atoms with Gasteiger partial charge in [0.15, 0.2) is 5.69 Å². The highest BCUT2D eigenvalue weighted by molar-refractivity contribution is 14.1. The summed E-state index contributed by atoms with van der Waals surface area (Å²) in [6.45, 7) is 0.262. The Balaban J connectivity index is 1.59. The first kappa shape index (κ1) is 20.1. The van der Waals surface area contributed by atoms with Gasteiger partial charge in [-0.15, -0.1) is 0 Å². The minimum Gasteiger partial charge on any atom is -0.457 e. The second kappa shape index (κ2) is 9.08. The largest absolute Gasteiger partial charge is 0.457 e. The fraction of sp³-hybridized carbons (Fsp3) is 0.0870. The van der Waals surface area contributed by atoms with Gasteiger partial charge in [-0.3, -0.25) is 0 Å². The molecule has 0 aliphatic rings. The Morgan fingerprint density at radius 2 is 1.33 bits per heavy atom. The first-order valence-electron chi connectivity index (χ1n) is 9.23. The number of ether oxygens (including phenoxy) is 2. The van der Waals surface area contributed by atoms with Gasteiger partial charge >= 0.3 is 11.9 Å². The van der Waals surface area contributed by atoms with Crippen LogP contribution < -0.4 is 0 Å². The first-order chi connectivity index (χ1) is 14.6. The fourth-order valence-corrected chi connectivity index (χ4v) is 3.66. The van der Waals surface area contributed by atoms with Crippen LogP contribution in [0.1, 0.15) is 32.0 Å². The van der Waals surface area contributed by atoms with Crippen molar-refractivity contribution in [3.8, 4) is 0 Å². The fourth-order valence-electron chi connectivity index (χ4n) is 3.04. The number of hydrogen-bond donors (Lipinski definition) is 0. The molecule has 0 bridgehead atoms. The van der Waals surface area contributed by atoms with Gasteiger partial charge in [0.2, 0.25) is 0 Å². The quantitative estimate of drug-likeness (QED) is 0.270. The van der Waals surface area contributed by atoms with Crippen molar-refractivity contribution < 1.29 is 19.1 Å². The molecule has 0 N–H and O–H groups in total. The Hall–Kier alpha value is -3.20. The number of nitrogens with zero attached hydrogens (tertiary/aromatic N) is 2. The molecule has 150 valence electrons. The maximum atomic E-state index is 12.8. The number of hydrogen-bond acceptors (Lipinski definition) is 5. The molecule has 6 nitrogen and oxygen atoms in total. The summed E-state index contributed by atoms with van der Waals surface area (Å²) in [4.78, 5) is 25.5. The third-order valence-corrected chi connectivity index (χ3v) is 5.24. The number of carbonyl (C=O) groups excluding carboxylic acids is 2. The molecule has 0 atom stereocenters. The number of aromatic nitrogens is 2. The second-order valence-electron chi connectivity index (χ2n) is 6.53. The molecule has 0 unspecified atom stereocenters. The van der Waals surface area contributed by atoms with Gasteiger partial charge in [0.25, 0.3) is 0 Å². The van der Waals surface area contributed by atoms with E-state index < -0.39 is 11.9 Å². The molecule has 0 spiro atoms. The molecular formula is C23H17IN2O4. The molecule has 0 aliphatic carbocycles. The van der Waals surface area contributed by atoms with Crippen molar-refractivity contribution in [1.82, 2.24) is 7.99 Å². The molecule has 0 radical (unpaired) electrons. The van der Waals surface area contributed by atoms with E-state index in [4.69, 9.17) is 9.47 Å². The minimum absolute atomic E-state index is 0.0857. The van der Waals surface area contributed by atoms with E-state index in [1.807, 2.05) is 83.5 Å². The Morgan fingerprint density at radius 1 is 0.767 bits per heavy atom. The van der Waals surface area contributed by atoms with E-state index in [1.54, 1.807) is 18.2 Å². The molecule has 3 aromatic carbocycles. The van der Waals surface area contributed by atoms with Crippen molar-refractivity contribution in [3.63, 3.8) is 0 Å². The number of carbonyl (C=O) groups is 2. The highest BCUT2D eigenvalue weighted by Crippen LogP contribution is 2.26. The van der Waals surface area contributed by atoms with Crippen LogP contribution in [0.5, 0.6) is 0 Å². The standard InChI is InChI=1S/C23H17IN2O4/c24-26-19-13-7-12-18(22(27)29-14-16-8-3-1-4-9-16)20(19)21(25-26)23(28)30-15-17-10-5-2-6-11-17/h1-13H,14-15H2. The summed E-state index contributed by atoms with van der Waals surface area (Å²) in [5, 5.41) is 4.70. The molecule has 1 aromatic heterocycles. The number of fused-ring (bicyclic) bond motifs is 1. The molecule has 1 heterocycles. The average Bonchev–Trinajstić information content (AvgIpc) is 3.14. The number of halogens is 1. The summed E-state index contributed by atoms with van der Waals surface area (Å²) < 4.78 is 12.4. The van der Waals surface area contributed by atoms with Crippen LogP contribution in [0.15, 0.2) is 78.9 Å². The van der Waals surface area contributed by atoms with Crippen molar-refractivity contribution in [2.75, 3.05) is 0 Å².